The van der Waals surface area contributed by atoms with E-state index in [-0.39, 0.29) is 28.4 Å². The minimum absolute atomic E-state index is 0.0338. The zero-order valence-corrected chi connectivity index (χ0v) is 16.2. The number of aryl methyl sites for hydroxylation is 1. The van der Waals surface area contributed by atoms with E-state index in [4.69, 9.17) is 16.3 Å². The van der Waals surface area contributed by atoms with Crippen LogP contribution >= 0.6 is 11.6 Å². The van der Waals surface area contributed by atoms with Crippen LogP contribution in [0, 0.1) is 6.92 Å². The molecular formula is C18H17ClN2O5S. The van der Waals surface area contributed by atoms with Gasteiger partial charge >= 0.3 is 0 Å². The van der Waals surface area contributed by atoms with Gasteiger partial charge in [0.05, 0.1) is 34.8 Å². The molecule has 7 nitrogen and oxygen atoms in total. The van der Waals surface area contributed by atoms with E-state index < -0.39 is 21.8 Å². The number of benzene rings is 2. The van der Waals surface area contributed by atoms with Crippen LogP contribution in [0.15, 0.2) is 36.4 Å². The van der Waals surface area contributed by atoms with Crippen molar-refractivity contribution in [3.05, 3.63) is 52.5 Å². The molecule has 0 spiro atoms. The van der Waals surface area contributed by atoms with Gasteiger partial charge in [-0.25, -0.2) is 12.7 Å². The van der Waals surface area contributed by atoms with Gasteiger partial charge in [0.2, 0.25) is 15.9 Å². The fourth-order valence-corrected chi connectivity index (χ4v) is 4.50. The Morgan fingerprint density at radius 1 is 1.22 bits per heavy atom. The molecule has 1 fully saturated rings. The number of hydrogen-bond acceptors (Lipinski definition) is 5. The Bertz CT molecular complexity index is 1040. The number of halogens is 1. The van der Waals surface area contributed by atoms with Crippen LogP contribution in [0.4, 0.5) is 11.4 Å². The SMILES string of the molecule is COc1ccc(C)cc1NC(=O)c1ccc(N2C(=O)CCS2(=O)=O)cc1Cl. The van der Waals surface area contributed by atoms with Crippen LogP contribution in [-0.4, -0.2) is 33.1 Å². The van der Waals surface area contributed by atoms with Crippen molar-refractivity contribution >= 4 is 44.8 Å². The van der Waals surface area contributed by atoms with Gasteiger partial charge in [0.25, 0.3) is 5.91 Å². The van der Waals surface area contributed by atoms with Crippen LogP contribution in [0.1, 0.15) is 22.3 Å². The van der Waals surface area contributed by atoms with Gasteiger partial charge in [0.15, 0.2) is 0 Å². The topological polar surface area (TPSA) is 92.8 Å². The summed E-state index contributed by atoms with van der Waals surface area (Å²) in [5, 5.41) is 2.76. The van der Waals surface area contributed by atoms with E-state index in [1.807, 2.05) is 13.0 Å². The molecule has 3 rings (SSSR count). The number of ether oxygens (including phenoxy) is 1. The van der Waals surface area contributed by atoms with Gasteiger partial charge in [-0.05, 0) is 42.8 Å². The average molecular weight is 409 g/mol. The molecule has 0 bridgehead atoms. The Hall–Kier alpha value is -2.58. The van der Waals surface area contributed by atoms with Gasteiger partial charge in [-0.2, -0.15) is 0 Å². The second-order valence-electron chi connectivity index (χ2n) is 6.05. The van der Waals surface area contributed by atoms with Crippen molar-refractivity contribution in [3.8, 4) is 5.75 Å². The standard InChI is InChI=1S/C18H17ClN2O5S/c1-11-3-6-16(26-2)15(9-11)20-18(23)13-5-4-12(10-14(13)19)21-17(22)7-8-27(21,24)25/h3-6,9-10H,7-8H2,1-2H3,(H,20,23). The van der Waals surface area contributed by atoms with Gasteiger partial charge in [-0.3, -0.25) is 9.59 Å². The van der Waals surface area contributed by atoms with E-state index >= 15 is 0 Å². The summed E-state index contributed by atoms with van der Waals surface area (Å²) in [6, 6.07) is 9.41. The normalized spacial score (nSPS) is 15.7. The summed E-state index contributed by atoms with van der Waals surface area (Å²) in [5.41, 5.74) is 1.69. The zero-order valence-electron chi connectivity index (χ0n) is 14.7. The Labute approximate surface area is 161 Å². The highest BCUT2D eigenvalue weighted by atomic mass is 35.5. The quantitative estimate of drug-likeness (QED) is 0.839. The van der Waals surface area contributed by atoms with Gasteiger partial charge in [-0.15, -0.1) is 0 Å². The zero-order chi connectivity index (χ0) is 19.8. The predicted molar refractivity (Wildman–Crippen MR) is 103 cm³/mol. The molecule has 9 heteroatoms. The first-order valence-corrected chi connectivity index (χ1v) is 10.0. The number of rotatable bonds is 4. The number of amides is 2. The number of anilines is 2. The summed E-state index contributed by atoms with van der Waals surface area (Å²) in [7, 11) is -2.20. The largest absolute Gasteiger partial charge is 0.495 e. The molecular weight excluding hydrogens is 392 g/mol. The van der Waals surface area contributed by atoms with Crippen LogP contribution < -0.4 is 14.4 Å². The Morgan fingerprint density at radius 2 is 1.96 bits per heavy atom. The van der Waals surface area contributed by atoms with Crippen LogP contribution in [0.5, 0.6) is 5.75 Å². The monoisotopic (exact) mass is 408 g/mol. The van der Waals surface area contributed by atoms with Crippen molar-refractivity contribution in [2.24, 2.45) is 0 Å². The first kappa shape index (κ1) is 19.2. The lowest BCUT2D eigenvalue weighted by Crippen LogP contribution is -2.29. The summed E-state index contributed by atoms with van der Waals surface area (Å²) in [5.74, 6) is -0.743. The Balaban J connectivity index is 1.89. The van der Waals surface area contributed by atoms with Gasteiger partial charge in [0.1, 0.15) is 5.75 Å². The van der Waals surface area contributed by atoms with Crippen LogP contribution in [0.2, 0.25) is 5.02 Å². The Kier molecular flexibility index (Phi) is 5.12. The molecule has 27 heavy (non-hydrogen) atoms. The van der Waals surface area contributed by atoms with Crippen molar-refractivity contribution < 1.29 is 22.7 Å². The van der Waals surface area contributed by atoms with Crippen molar-refractivity contribution in [2.75, 3.05) is 22.5 Å². The summed E-state index contributed by atoms with van der Waals surface area (Å²) in [6.45, 7) is 1.88. The minimum Gasteiger partial charge on any atom is -0.495 e. The first-order chi connectivity index (χ1) is 12.7. The highest BCUT2D eigenvalue weighted by Gasteiger charge is 2.36. The maximum atomic E-state index is 12.6. The molecule has 0 atom stereocenters. The number of nitrogens with zero attached hydrogens (tertiary/aromatic N) is 1. The molecule has 2 aromatic carbocycles. The third-order valence-electron chi connectivity index (χ3n) is 4.11. The number of carbonyl (C=O) groups is 2. The van der Waals surface area contributed by atoms with Crippen molar-refractivity contribution in [1.29, 1.82) is 0 Å². The number of hydrogen-bond donors (Lipinski definition) is 1. The van der Waals surface area contributed by atoms with E-state index in [2.05, 4.69) is 5.32 Å². The second kappa shape index (κ2) is 7.21. The molecule has 1 aliphatic heterocycles. The molecule has 0 unspecified atom stereocenters. The molecule has 1 aliphatic rings. The molecule has 0 aliphatic carbocycles. The van der Waals surface area contributed by atoms with Gasteiger partial charge in [0, 0.05) is 6.42 Å². The fraction of sp³-hybridized carbons (Fsp3) is 0.222. The van der Waals surface area contributed by atoms with E-state index in [1.165, 1.54) is 25.3 Å². The lowest BCUT2D eigenvalue weighted by molar-refractivity contribution is -0.116. The molecule has 0 saturated carbocycles. The predicted octanol–water partition coefficient (Wildman–Crippen LogP) is 2.98. The summed E-state index contributed by atoms with van der Waals surface area (Å²) in [4.78, 5) is 24.5. The van der Waals surface area contributed by atoms with Crippen molar-refractivity contribution in [3.63, 3.8) is 0 Å². The average Bonchev–Trinajstić information content (AvgIpc) is 2.87. The van der Waals surface area contributed by atoms with E-state index in [0.29, 0.717) is 11.4 Å². The van der Waals surface area contributed by atoms with Gasteiger partial charge in [-0.1, -0.05) is 17.7 Å². The molecule has 0 radical (unpaired) electrons. The summed E-state index contributed by atoms with van der Waals surface area (Å²) in [6.07, 6.45) is -0.0741. The van der Waals surface area contributed by atoms with Gasteiger partial charge < -0.3 is 10.1 Å². The van der Waals surface area contributed by atoms with Crippen LogP contribution in [0.25, 0.3) is 0 Å². The molecule has 1 N–H and O–H groups in total. The van der Waals surface area contributed by atoms with Crippen molar-refractivity contribution in [2.45, 2.75) is 13.3 Å². The third-order valence-corrected chi connectivity index (χ3v) is 6.12. The molecule has 2 aromatic rings. The number of nitrogens with one attached hydrogen (secondary N) is 1. The second-order valence-corrected chi connectivity index (χ2v) is 8.39. The summed E-state index contributed by atoms with van der Waals surface area (Å²) >= 11 is 6.19. The van der Waals surface area contributed by atoms with E-state index in [9.17, 15) is 18.0 Å². The maximum Gasteiger partial charge on any atom is 0.257 e. The fourth-order valence-electron chi connectivity index (χ4n) is 2.79. The lowest BCUT2D eigenvalue weighted by atomic mass is 10.1. The summed E-state index contributed by atoms with van der Waals surface area (Å²) < 4.78 is 30.0. The van der Waals surface area contributed by atoms with Crippen LogP contribution in [-0.2, 0) is 14.8 Å². The third kappa shape index (κ3) is 3.77. The maximum absolute atomic E-state index is 12.6. The Morgan fingerprint density at radius 3 is 2.56 bits per heavy atom. The highest BCUT2D eigenvalue weighted by molar-refractivity contribution is 7.94. The first-order valence-electron chi connectivity index (χ1n) is 8.04. The molecule has 1 heterocycles. The van der Waals surface area contributed by atoms with E-state index in [0.717, 1.165) is 9.87 Å². The number of sulfonamides is 1. The lowest BCUT2D eigenvalue weighted by Gasteiger charge is -2.16. The van der Waals surface area contributed by atoms with Crippen molar-refractivity contribution in [1.82, 2.24) is 0 Å². The number of methoxy groups -OCH3 is 1. The highest BCUT2D eigenvalue weighted by Crippen LogP contribution is 2.31. The molecule has 2 amide bonds. The van der Waals surface area contributed by atoms with Crippen LogP contribution in [0.3, 0.4) is 0 Å². The molecule has 1 saturated heterocycles. The minimum atomic E-state index is -3.69. The molecule has 142 valence electrons. The van der Waals surface area contributed by atoms with E-state index in [1.54, 1.807) is 12.1 Å². The number of carbonyl (C=O) groups excluding carboxylic acids is 2. The molecule has 0 aromatic heterocycles. The smallest absolute Gasteiger partial charge is 0.257 e.